The fourth-order valence-electron chi connectivity index (χ4n) is 4.90. The van der Waals surface area contributed by atoms with Crippen molar-refractivity contribution >= 4 is 45.0 Å². The Labute approximate surface area is 233 Å². The predicted octanol–water partition coefficient (Wildman–Crippen LogP) is 3.32. The van der Waals surface area contributed by atoms with Crippen molar-refractivity contribution < 1.29 is 18.8 Å². The van der Waals surface area contributed by atoms with Crippen LogP contribution in [0.15, 0.2) is 53.4 Å². The number of nitrogens with zero attached hydrogens (tertiary/aromatic N) is 5. The maximum absolute atomic E-state index is 14.5. The Morgan fingerprint density at radius 1 is 1.18 bits per heavy atom. The molecule has 0 bridgehead atoms. The molecule has 10 nitrogen and oxygen atoms in total. The van der Waals surface area contributed by atoms with E-state index >= 15 is 0 Å². The van der Waals surface area contributed by atoms with Crippen molar-refractivity contribution in [3.8, 4) is 11.1 Å². The Kier molecular flexibility index (Phi) is 7.17. The van der Waals surface area contributed by atoms with E-state index in [9.17, 15) is 18.8 Å². The molecule has 2 N–H and O–H groups in total. The first-order chi connectivity index (χ1) is 18.5. The molecule has 1 aromatic carbocycles. The van der Waals surface area contributed by atoms with Gasteiger partial charge in [-0.3, -0.25) is 19.4 Å². The molecule has 1 fully saturated rings. The first kappa shape index (κ1) is 26.8. The zero-order chi connectivity index (χ0) is 27.9. The van der Waals surface area contributed by atoms with Gasteiger partial charge in [0, 0.05) is 29.9 Å². The molecule has 2 aromatic heterocycles. The van der Waals surface area contributed by atoms with Crippen molar-refractivity contribution in [1.29, 1.82) is 0 Å². The third kappa shape index (κ3) is 5.26. The highest BCUT2D eigenvalue weighted by atomic mass is 79.9. The van der Waals surface area contributed by atoms with Crippen LogP contribution < -0.4 is 15.8 Å². The van der Waals surface area contributed by atoms with Crippen molar-refractivity contribution in [1.82, 2.24) is 25.3 Å². The average Bonchev–Trinajstić information content (AvgIpc) is 3.42. The fraction of sp³-hybridized carbons (Fsp3) is 0.333. The van der Waals surface area contributed by atoms with Crippen LogP contribution in [0.3, 0.4) is 0 Å². The van der Waals surface area contributed by atoms with Gasteiger partial charge in [0.15, 0.2) is 5.78 Å². The molecule has 3 aromatic rings. The second kappa shape index (κ2) is 10.4. The van der Waals surface area contributed by atoms with Crippen LogP contribution in [0.1, 0.15) is 31.7 Å². The van der Waals surface area contributed by atoms with Crippen LogP contribution >= 0.6 is 15.9 Å². The monoisotopic (exact) mass is 595 g/mol. The second-order valence-corrected chi connectivity index (χ2v) is 10.7. The molecule has 4 heterocycles. The van der Waals surface area contributed by atoms with Crippen molar-refractivity contribution in [2.45, 2.75) is 44.9 Å². The number of hydrogen-bond acceptors (Lipinski definition) is 8. The molecule has 0 aliphatic carbocycles. The number of hydrazine groups is 1. The largest absolute Gasteiger partial charge is 0.326 e. The van der Waals surface area contributed by atoms with Crippen molar-refractivity contribution in [3.05, 3.63) is 64.8 Å². The molecule has 2 aliphatic heterocycles. The van der Waals surface area contributed by atoms with Crippen LogP contribution in [0.5, 0.6) is 0 Å². The van der Waals surface area contributed by atoms with E-state index in [0.29, 0.717) is 27.5 Å². The lowest BCUT2D eigenvalue weighted by Gasteiger charge is -2.29. The van der Waals surface area contributed by atoms with Gasteiger partial charge in [-0.15, -0.1) is 0 Å². The number of anilines is 2. The van der Waals surface area contributed by atoms with Gasteiger partial charge in [-0.05, 0) is 66.5 Å². The molecule has 1 unspecified atom stereocenters. The lowest BCUT2D eigenvalue weighted by Crippen LogP contribution is -2.53. The Hall–Kier alpha value is -3.77. The van der Waals surface area contributed by atoms with E-state index in [1.807, 2.05) is 18.2 Å². The number of carbonyl (C=O) groups is 3. The number of Topliss-reactive ketones (excluding diaryl/α,β-unsaturated/α-hetero) is 1. The highest BCUT2D eigenvalue weighted by Crippen LogP contribution is 2.40. The SMILES string of the molecule is CC(=O)C1(C)NN(CC(=O)N2C[C@H](F)C[C@H]2C(=O)Nc2cccc(Br)n2)c2ccc(-c3cnc(C)nc3)cc21. The lowest BCUT2D eigenvalue weighted by molar-refractivity contribution is -0.135. The number of amides is 2. The molecule has 39 heavy (non-hydrogen) atoms. The number of hydrogen-bond donors (Lipinski definition) is 2. The summed E-state index contributed by atoms with van der Waals surface area (Å²) in [4.78, 5) is 53.2. The highest BCUT2D eigenvalue weighted by Gasteiger charge is 2.45. The van der Waals surface area contributed by atoms with E-state index in [1.165, 1.54) is 11.8 Å². The molecule has 2 aliphatic rings. The molecule has 0 spiro atoms. The summed E-state index contributed by atoms with van der Waals surface area (Å²) in [5.74, 6) is -0.148. The van der Waals surface area contributed by atoms with E-state index in [2.05, 4.69) is 41.6 Å². The van der Waals surface area contributed by atoms with Gasteiger partial charge in [0.2, 0.25) is 11.8 Å². The smallest absolute Gasteiger partial charge is 0.248 e. The van der Waals surface area contributed by atoms with Crippen LogP contribution in [0.2, 0.25) is 0 Å². The Bertz CT molecular complexity index is 1450. The third-order valence-corrected chi connectivity index (χ3v) is 7.58. The Balaban J connectivity index is 1.38. The molecule has 202 valence electrons. The minimum Gasteiger partial charge on any atom is -0.326 e. The summed E-state index contributed by atoms with van der Waals surface area (Å²) in [7, 11) is 0. The van der Waals surface area contributed by atoms with Gasteiger partial charge < -0.3 is 10.2 Å². The fourth-order valence-corrected chi connectivity index (χ4v) is 5.24. The first-order valence-electron chi connectivity index (χ1n) is 12.4. The first-order valence-corrected chi connectivity index (χ1v) is 13.2. The minimum absolute atomic E-state index is 0.108. The van der Waals surface area contributed by atoms with Crippen molar-refractivity contribution in [3.63, 3.8) is 0 Å². The topological polar surface area (TPSA) is 120 Å². The summed E-state index contributed by atoms with van der Waals surface area (Å²) in [6.07, 6.45) is 1.99. The average molecular weight is 596 g/mol. The van der Waals surface area contributed by atoms with E-state index in [1.54, 1.807) is 49.4 Å². The molecule has 12 heteroatoms. The summed E-state index contributed by atoms with van der Waals surface area (Å²) >= 11 is 3.25. The highest BCUT2D eigenvalue weighted by molar-refractivity contribution is 9.10. The number of aromatic nitrogens is 3. The molecule has 0 saturated carbocycles. The Morgan fingerprint density at radius 2 is 1.92 bits per heavy atom. The maximum Gasteiger partial charge on any atom is 0.248 e. The lowest BCUT2D eigenvalue weighted by atomic mass is 9.87. The standard InChI is InChI=1S/C27H27BrFN7O3/c1-15(37)27(3)20-9-17(18-11-30-16(2)31-12-18)7-8-21(20)36(34-27)14-25(38)35-13-19(29)10-22(35)26(39)33-24-6-4-5-23(28)32-24/h4-9,11-12,19,22,34H,10,13-14H2,1-3H3,(H,32,33,39)/t19-,22+,27?/m1/s1. The molecule has 2 amide bonds. The summed E-state index contributed by atoms with van der Waals surface area (Å²) in [6.45, 7) is 4.64. The van der Waals surface area contributed by atoms with Crippen LogP contribution in [-0.2, 0) is 19.9 Å². The van der Waals surface area contributed by atoms with Crippen molar-refractivity contribution in [2.75, 3.05) is 23.4 Å². The molecule has 3 atom stereocenters. The van der Waals surface area contributed by atoms with Gasteiger partial charge in [0.25, 0.3) is 0 Å². The number of likely N-dealkylation sites (tertiary alicyclic amines) is 1. The summed E-state index contributed by atoms with van der Waals surface area (Å²) in [6, 6.07) is 9.63. The van der Waals surface area contributed by atoms with Gasteiger partial charge in [0.05, 0.1) is 12.2 Å². The quantitative estimate of drug-likeness (QED) is 0.416. The van der Waals surface area contributed by atoms with E-state index in [-0.39, 0.29) is 25.3 Å². The number of aryl methyl sites for hydroxylation is 1. The van der Waals surface area contributed by atoms with E-state index < -0.39 is 29.6 Å². The number of rotatable bonds is 6. The minimum atomic E-state index is -1.33. The molecule has 5 rings (SSSR count). The summed E-state index contributed by atoms with van der Waals surface area (Å²) in [5.41, 5.74) is 5.05. The number of ketones is 1. The van der Waals surface area contributed by atoms with Gasteiger partial charge >= 0.3 is 0 Å². The van der Waals surface area contributed by atoms with Gasteiger partial charge in [0.1, 0.15) is 40.5 Å². The van der Waals surface area contributed by atoms with Crippen LogP contribution in [0, 0.1) is 6.92 Å². The normalized spacial score (nSPS) is 22.1. The number of carbonyl (C=O) groups excluding carboxylic acids is 3. The van der Waals surface area contributed by atoms with Crippen LogP contribution in [0.4, 0.5) is 15.9 Å². The number of benzene rings is 1. The van der Waals surface area contributed by atoms with Crippen molar-refractivity contribution in [2.24, 2.45) is 0 Å². The molecular weight excluding hydrogens is 569 g/mol. The van der Waals surface area contributed by atoms with Gasteiger partial charge in [-0.1, -0.05) is 12.1 Å². The summed E-state index contributed by atoms with van der Waals surface area (Å²) < 4.78 is 15.0. The number of fused-ring (bicyclic) bond motifs is 1. The molecule has 1 saturated heterocycles. The number of halogens is 2. The number of pyridine rings is 1. The maximum atomic E-state index is 14.5. The van der Waals surface area contributed by atoms with Crippen LogP contribution in [-0.4, -0.2) is 62.8 Å². The van der Waals surface area contributed by atoms with E-state index in [4.69, 9.17) is 0 Å². The number of nitrogens with one attached hydrogen (secondary N) is 2. The number of alkyl halides is 1. The van der Waals surface area contributed by atoms with Gasteiger partial charge in [-0.25, -0.2) is 24.8 Å². The zero-order valence-electron chi connectivity index (χ0n) is 21.6. The summed E-state index contributed by atoms with van der Waals surface area (Å²) in [5, 5.41) is 4.26. The second-order valence-electron chi connectivity index (χ2n) is 9.86. The Morgan fingerprint density at radius 3 is 2.62 bits per heavy atom. The van der Waals surface area contributed by atoms with E-state index in [0.717, 1.165) is 11.1 Å². The van der Waals surface area contributed by atoms with Gasteiger partial charge in [-0.2, -0.15) is 0 Å². The molecule has 0 radical (unpaired) electrons. The zero-order valence-corrected chi connectivity index (χ0v) is 23.2. The predicted molar refractivity (Wildman–Crippen MR) is 146 cm³/mol. The molecular formula is C27H27BrFN7O3. The third-order valence-electron chi connectivity index (χ3n) is 7.14. The van der Waals surface area contributed by atoms with Crippen LogP contribution in [0.25, 0.3) is 11.1 Å².